The Hall–Kier alpha value is -0.950. The first-order valence-corrected chi connectivity index (χ1v) is 4.97. The van der Waals surface area contributed by atoms with E-state index >= 15 is 0 Å². The van der Waals surface area contributed by atoms with Gasteiger partial charge in [-0.05, 0) is 19.4 Å². The van der Waals surface area contributed by atoms with Gasteiger partial charge < -0.3 is 25.2 Å². The molecule has 2 atom stereocenters. The molecule has 0 saturated heterocycles. The molecule has 0 radical (unpaired) electrons. The highest BCUT2D eigenvalue weighted by molar-refractivity contribution is 5.85. The number of carboxylic acid groups (broad SMARTS) is 1. The van der Waals surface area contributed by atoms with Gasteiger partial charge in [0.2, 0.25) is 0 Å². The summed E-state index contributed by atoms with van der Waals surface area (Å²) in [5, 5.41) is 35.5. The number of aliphatic carboxylic acids is 1. The van der Waals surface area contributed by atoms with Crippen LogP contribution in [0.25, 0.3) is 0 Å². The zero-order valence-corrected chi connectivity index (χ0v) is 9.17. The van der Waals surface area contributed by atoms with E-state index in [0.717, 1.165) is 0 Å². The van der Waals surface area contributed by atoms with Gasteiger partial charge in [0.15, 0.2) is 6.29 Å². The van der Waals surface area contributed by atoms with Crippen molar-refractivity contribution >= 4 is 5.97 Å². The predicted molar refractivity (Wildman–Crippen MR) is 55.7 cm³/mol. The van der Waals surface area contributed by atoms with Crippen molar-refractivity contribution < 1.29 is 30.0 Å². The van der Waals surface area contributed by atoms with Crippen LogP contribution < -0.4 is 0 Å². The summed E-state index contributed by atoms with van der Waals surface area (Å²) in [6.07, 6.45) is -0.410. The SMILES string of the molecule is C/C(=C\C(O)CCC(O)OCCO)C(=O)O. The molecule has 0 aliphatic heterocycles. The number of rotatable bonds is 8. The second kappa shape index (κ2) is 8.23. The monoisotopic (exact) mass is 234 g/mol. The summed E-state index contributed by atoms with van der Waals surface area (Å²) < 4.78 is 4.75. The number of aliphatic hydroxyl groups is 3. The van der Waals surface area contributed by atoms with Crippen molar-refractivity contribution in [2.75, 3.05) is 13.2 Å². The Bertz CT molecular complexity index is 237. The molecule has 0 aromatic rings. The standard InChI is InChI=1S/C10H18O6/c1-7(10(14)15)6-8(12)2-3-9(13)16-5-4-11/h6,8-9,11-13H,2-5H2,1H3,(H,14,15)/b7-6+. The summed E-state index contributed by atoms with van der Waals surface area (Å²) in [6, 6.07) is 0. The average Bonchev–Trinajstić information content (AvgIpc) is 2.23. The Balaban J connectivity index is 3.84. The average molecular weight is 234 g/mol. The number of ether oxygens (including phenoxy) is 1. The van der Waals surface area contributed by atoms with Crippen molar-refractivity contribution in [3.05, 3.63) is 11.6 Å². The second-order valence-corrected chi connectivity index (χ2v) is 3.35. The van der Waals surface area contributed by atoms with Crippen molar-refractivity contribution in [3.63, 3.8) is 0 Å². The molecule has 4 N–H and O–H groups in total. The molecule has 0 amide bonds. The van der Waals surface area contributed by atoms with Gasteiger partial charge in [0.1, 0.15) is 0 Å². The van der Waals surface area contributed by atoms with Crippen molar-refractivity contribution in [2.24, 2.45) is 0 Å². The third kappa shape index (κ3) is 7.36. The highest BCUT2D eigenvalue weighted by Gasteiger charge is 2.09. The zero-order valence-electron chi connectivity index (χ0n) is 9.17. The van der Waals surface area contributed by atoms with Gasteiger partial charge in [-0.2, -0.15) is 0 Å². The molecule has 0 aliphatic carbocycles. The topological polar surface area (TPSA) is 107 Å². The van der Waals surface area contributed by atoms with Crippen LogP contribution in [0.4, 0.5) is 0 Å². The molecular weight excluding hydrogens is 216 g/mol. The van der Waals surface area contributed by atoms with Gasteiger partial charge in [-0.25, -0.2) is 4.79 Å². The third-order valence-electron chi connectivity index (χ3n) is 1.89. The minimum atomic E-state index is -1.09. The number of carbonyl (C=O) groups is 1. The van der Waals surface area contributed by atoms with Crippen molar-refractivity contribution in [3.8, 4) is 0 Å². The lowest BCUT2D eigenvalue weighted by Crippen LogP contribution is -2.17. The van der Waals surface area contributed by atoms with Gasteiger partial charge in [0.05, 0.1) is 19.3 Å². The Morgan fingerprint density at radius 3 is 2.50 bits per heavy atom. The molecule has 2 unspecified atom stereocenters. The highest BCUT2D eigenvalue weighted by atomic mass is 16.6. The Morgan fingerprint density at radius 2 is 2.00 bits per heavy atom. The van der Waals surface area contributed by atoms with E-state index in [1.54, 1.807) is 0 Å². The molecule has 16 heavy (non-hydrogen) atoms. The summed E-state index contributed by atoms with van der Waals surface area (Å²) in [7, 11) is 0. The maximum atomic E-state index is 10.4. The van der Waals surface area contributed by atoms with Crippen LogP contribution >= 0.6 is 0 Å². The van der Waals surface area contributed by atoms with Crippen molar-refractivity contribution in [2.45, 2.75) is 32.2 Å². The fraction of sp³-hybridized carbons (Fsp3) is 0.700. The molecule has 94 valence electrons. The third-order valence-corrected chi connectivity index (χ3v) is 1.89. The molecule has 6 heteroatoms. The van der Waals surface area contributed by atoms with Crippen LogP contribution in [0, 0.1) is 0 Å². The lowest BCUT2D eigenvalue weighted by molar-refractivity contribution is -0.132. The van der Waals surface area contributed by atoms with Crippen molar-refractivity contribution in [1.82, 2.24) is 0 Å². The zero-order chi connectivity index (χ0) is 12.6. The van der Waals surface area contributed by atoms with Crippen LogP contribution in [0.15, 0.2) is 11.6 Å². The Kier molecular flexibility index (Phi) is 7.74. The summed E-state index contributed by atoms with van der Waals surface area (Å²) >= 11 is 0. The molecule has 0 rings (SSSR count). The highest BCUT2D eigenvalue weighted by Crippen LogP contribution is 2.06. The normalized spacial score (nSPS) is 15.9. The molecule has 0 aromatic heterocycles. The lowest BCUT2D eigenvalue weighted by Gasteiger charge is -2.12. The molecule has 6 nitrogen and oxygen atoms in total. The molecule has 0 aliphatic rings. The molecule has 0 heterocycles. The van der Waals surface area contributed by atoms with Gasteiger partial charge in [0.25, 0.3) is 0 Å². The number of hydrogen-bond donors (Lipinski definition) is 4. The van der Waals surface area contributed by atoms with E-state index in [9.17, 15) is 15.0 Å². The van der Waals surface area contributed by atoms with E-state index in [-0.39, 0.29) is 31.6 Å². The molecule has 0 spiro atoms. The second-order valence-electron chi connectivity index (χ2n) is 3.35. The van der Waals surface area contributed by atoms with E-state index in [4.69, 9.17) is 14.9 Å². The predicted octanol–water partition coefficient (Wildman–Crippen LogP) is -0.514. The largest absolute Gasteiger partial charge is 0.478 e. The van der Waals surface area contributed by atoms with Crippen LogP contribution in [0.1, 0.15) is 19.8 Å². The first kappa shape index (κ1) is 15.0. The quantitative estimate of drug-likeness (QED) is 0.333. The Labute approximate surface area is 93.8 Å². The number of aliphatic hydroxyl groups excluding tert-OH is 3. The lowest BCUT2D eigenvalue weighted by atomic mass is 10.1. The smallest absolute Gasteiger partial charge is 0.331 e. The Morgan fingerprint density at radius 1 is 1.38 bits per heavy atom. The van der Waals surface area contributed by atoms with Crippen LogP contribution in [0.3, 0.4) is 0 Å². The van der Waals surface area contributed by atoms with E-state index in [1.807, 2.05) is 0 Å². The summed E-state index contributed by atoms with van der Waals surface area (Å²) in [5.41, 5.74) is 0.0540. The molecule has 0 fully saturated rings. The summed E-state index contributed by atoms with van der Waals surface area (Å²) in [4.78, 5) is 10.4. The van der Waals surface area contributed by atoms with Crippen LogP contribution in [0.2, 0.25) is 0 Å². The van der Waals surface area contributed by atoms with Crippen LogP contribution in [-0.2, 0) is 9.53 Å². The first-order chi connectivity index (χ1) is 7.47. The molecule has 0 aromatic carbocycles. The van der Waals surface area contributed by atoms with Gasteiger partial charge in [-0.3, -0.25) is 0 Å². The van der Waals surface area contributed by atoms with E-state index in [0.29, 0.717) is 0 Å². The maximum Gasteiger partial charge on any atom is 0.331 e. The fourth-order valence-electron chi connectivity index (χ4n) is 1.03. The van der Waals surface area contributed by atoms with Gasteiger partial charge in [-0.15, -0.1) is 0 Å². The van der Waals surface area contributed by atoms with E-state index in [2.05, 4.69) is 0 Å². The number of carboxylic acids is 1. The van der Waals surface area contributed by atoms with Crippen LogP contribution in [0.5, 0.6) is 0 Å². The first-order valence-electron chi connectivity index (χ1n) is 4.97. The maximum absolute atomic E-state index is 10.4. The van der Waals surface area contributed by atoms with Gasteiger partial charge in [0, 0.05) is 12.0 Å². The molecule has 0 bridgehead atoms. The van der Waals surface area contributed by atoms with E-state index in [1.165, 1.54) is 13.0 Å². The minimum absolute atomic E-state index is 0.0290. The van der Waals surface area contributed by atoms with E-state index < -0.39 is 18.4 Å². The fourth-order valence-corrected chi connectivity index (χ4v) is 1.03. The van der Waals surface area contributed by atoms with Crippen LogP contribution in [-0.4, -0.2) is 52.0 Å². The number of hydrogen-bond acceptors (Lipinski definition) is 5. The molecule has 0 saturated carbocycles. The van der Waals surface area contributed by atoms with Gasteiger partial charge >= 0.3 is 5.97 Å². The summed E-state index contributed by atoms with van der Waals surface area (Å²) in [5.74, 6) is -1.09. The molecular formula is C10H18O6. The minimum Gasteiger partial charge on any atom is -0.478 e. The summed E-state index contributed by atoms with van der Waals surface area (Å²) in [6.45, 7) is 1.23. The van der Waals surface area contributed by atoms with Gasteiger partial charge in [-0.1, -0.05) is 0 Å². The van der Waals surface area contributed by atoms with Crippen molar-refractivity contribution in [1.29, 1.82) is 0 Å².